The Hall–Kier alpha value is -4.21. The van der Waals surface area contributed by atoms with Crippen molar-refractivity contribution in [1.29, 1.82) is 0 Å². The summed E-state index contributed by atoms with van der Waals surface area (Å²) in [5.74, 6) is 1.58. The van der Waals surface area contributed by atoms with Crippen LogP contribution in [0.15, 0.2) is 48.7 Å². The Bertz CT molecular complexity index is 1360. The normalized spacial score (nSPS) is 19.3. The highest BCUT2D eigenvalue weighted by Gasteiger charge is 2.23. The van der Waals surface area contributed by atoms with Crippen molar-refractivity contribution >= 4 is 34.6 Å². The molecule has 1 aromatic carbocycles. The van der Waals surface area contributed by atoms with Crippen LogP contribution in [0.5, 0.6) is 0 Å². The third-order valence-corrected chi connectivity index (χ3v) is 8.11. The molecule has 1 saturated carbocycles. The van der Waals surface area contributed by atoms with Crippen LogP contribution in [0.1, 0.15) is 43.0 Å². The highest BCUT2D eigenvalue weighted by Crippen LogP contribution is 2.29. The fourth-order valence-electron chi connectivity index (χ4n) is 5.69. The van der Waals surface area contributed by atoms with E-state index in [2.05, 4.69) is 20.5 Å². The average molecular weight is 545 g/mol. The maximum absolute atomic E-state index is 13.4. The molecule has 0 atom stereocenters. The number of carbonyl (C=O) groups excluding carboxylic acids is 2. The minimum Gasteiger partial charge on any atom is -0.465 e. The van der Waals surface area contributed by atoms with Gasteiger partial charge < -0.3 is 25.5 Å². The predicted molar refractivity (Wildman–Crippen MR) is 153 cm³/mol. The van der Waals surface area contributed by atoms with E-state index in [1.807, 2.05) is 47.4 Å². The van der Waals surface area contributed by atoms with Crippen LogP contribution in [-0.2, 0) is 4.79 Å². The second-order valence-corrected chi connectivity index (χ2v) is 10.8. The molecule has 0 spiro atoms. The van der Waals surface area contributed by atoms with Crippen molar-refractivity contribution in [3.8, 4) is 11.3 Å². The minimum atomic E-state index is -0.978. The summed E-state index contributed by atoms with van der Waals surface area (Å²) in [4.78, 5) is 49.3. The zero-order chi connectivity index (χ0) is 28.1. The molecule has 2 aromatic heterocycles. The van der Waals surface area contributed by atoms with Crippen LogP contribution in [0.3, 0.4) is 0 Å². The Morgan fingerprint density at radius 3 is 2.23 bits per heavy atom. The molecule has 1 saturated heterocycles. The van der Waals surface area contributed by atoms with Gasteiger partial charge in [-0.15, -0.1) is 0 Å². The topological polar surface area (TPSA) is 128 Å². The van der Waals surface area contributed by atoms with E-state index >= 15 is 0 Å². The number of rotatable bonds is 7. The first-order chi connectivity index (χ1) is 19.4. The number of aromatic nitrogens is 2. The Kier molecular flexibility index (Phi) is 8.42. The summed E-state index contributed by atoms with van der Waals surface area (Å²) in [7, 11) is 0. The fraction of sp³-hybridized carbons (Fsp3) is 0.433. The monoisotopic (exact) mass is 544 g/mol. The number of amides is 3. The molecule has 1 aliphatic heterocycles. The quantitative estimate of drug-likeness (QED) is 0.413. The Morgan fingerprint density at radius 2 is 1.60 bits per heavy atom. The van der Waals surface area contributed by atoms with E-state index < -0.39 is 6.09 Å². The van der Waals surface area contributed by atoms with Gasteiger partial charge in [0.1, 0.15) is 5.82 Å². The van der Waals surface area contributed by atoms with Crippen molar-refractivity contribution in [3.05, 3.63) is 54.2 Å². The van der Waals surface area contributed by atoms with Crippen LogP contribution in [0, 0.1) is 11.8 Å². The summed E-state index contributed by atoms with van der Waals surface area (Å²) in [6.07, 6.45) is 4.67. The molecule has 40 heavy (non-hydrogen) atoms. The predicted octanol–water partition coefficient (Wildman–Crippen LogP) is 3.77. The summed E-state index contributed by atoms with van der Waals surface area (Å²) >= 11 is 0. The van der Waals surface area contributed by atoms with Crippen molar-refractivity contribution in [3.63, 3.8) is 0 Å². The van der Waals surface area contributed by atoms with E-state index in [0.29, 0.717) is 49.3 Å². The number of carboxylic acid groups (broad SMARTS) is 1. The molecule has 3 N–H and O–H groups in total. The van der Waals surface area contributed by atoms with Gasteiger partial charge in [-0.3, -0.25) is 9.59 Å². The first kappa shape index (κ1) is 27.4. The number of pyridine rings is 2. The second kappa shape index (κ2) is 12.3. The Labute approximate surface area is 233 Å². The summed E-state index contributed by atoms with van der Waals surface area (Å²) < 4.78 is 0. The zero-order valence-corrected chi connectivity index (χ0v) is 22.8. The lowest BCUT2D eigenvalue weighted by Gasteiger charge is -2.34. The van der Waals surface area contributed by atoms with Gasteiger partial charge in [-0.1, -0.05) is 18.2 Å². The van der Waals surface area contributed by atoms with Gasteiger partial charge in [0.25, 0.3) is 5.91 Å². The van der Waals surface area contributed by atoms with Crippen LogP contribution in [0.2, 0.25) is 0 Å². The van der Waals surface area contributed by atoms with Crippen molar-refractivity contribution < 1.29 is 19.5 Å². The van der Waals surface area contributed by atoms with Gasteiger partial charge in [-0.05, 0) is 61.8 Å². The molecule has 0 unspecified atom stereocenters. The summed E-state index contributed by atoms with van der Waals surface area (Å²) in [5, 5.41) is 15.3. The van der Waals surface area contributed by atoms with Gasteiger partial charge in [0.05, 0.1) is 16.8 Å². The molecule has 2 fully saturated rings. The summed E-state index contributed by atoms with van der Waals surface area (Å²) in [5.41, 5.74) is 2.86. The van der Waals surface area contributed by atoms with E-state index in [1.165, 1.54) is 0 Å². The number of para-hydroxylation sites is 1. The highest BCUT2D eigenvalue weighted by atomic mass is 16.4. The molecule has 210 valence electrons. The van der Waals surface area contributed by atoms with Crippen LogP contribution >= 0.6 is 0 Å². The van der Waals surface area contributed by atoms with Gasteiger partial charge in [-0.25, -0.2) is 14.8 Å². The zero-order valence-electron chi connectivity index (χ0n) is 22.8. The molecule has 3 heterocycles. The smallest absolute Gasteiger partial charge is 0.404 e. The minimum absolute atomic E-state index is 0.100. The van der Waals surface area contributed by atoms with Crippen molar-refractivity contribution in [2.24, 2.45) is 11.8 Å². The van der Waals surface area contributed by atoms with E-state index in [0.717, 1.165) is 61.1 Å². The molecule has 1 aliphatic carbocycles. The molecular weight excluding hydrogens is 508 g/mol. The Balaban J connectivity index is 1.26. The van der Waals surface area contributed by atoms with Crippen molar-refractivity contribution in [2.75, 3.05) is 44.2 Å². The summed E-state index contributed by atoms with van der Waals surface area (Å²) in [6, 6.07) is 13.5. The van der Waals surface area contributed by atoms with Gasteiger partial charge in [0.2, 0.25) is 5.91 Å². The lowest BCUT2D eigenvalue weighted by Crippen LogP contribution is -2.48. The molecule has 5 rings (SSSR count). The lowest BCUT2D eigenvalue weighted by atomic mass is 9.82. The SMILES string of the molecule is CC(=O)N1CCN(c2ccc(-c3cc(C(=O)NCC4CCC(CNC(=O)O)CC4)c4ccccc4n3)cn2)CC1. The van der Waals surface area contributed by atoms with Gasteiger partial charge in [-0.2, -0.15) is 0 Å². The lowest BCUT2D eigenvalue weighted by molar-refractivity contribution is -0.129. The van der Waals surface area contributed by atoms with E-state index in [-0.39, 0.29) is 11.8 Å². The number of benzene rings is 1. The molecular formula is C30H36N6O4. The number of hydrogen-bond acceptors (Lipinski definition) is 6. The van der Waals surface area contributed by atoms with Crippen LogP contribution in [0.25, 0.3) is 22.2 Å². The number of piperazine rings is 1. The van der Waals surface area contributed by atoms with Gasteiger partial charge in [0.15, 0.2) is 0 Å². The molecule has 3 amide bonds. The molecule has 2 aliphatic rings. The first-order valence-electron chi connectivity index (χ1n) is 14.0. The highest BCUT2D eigenvalue weighted by molar-refractivity contribution is 6.07. The maximum atomic E-state index is 13.4. The van der Waals surface area contributed by atoms with Crippen molar-refractivity contribution in [2.45, 2.75) is 32.6 Å². The summed E-state index contributed by atoms with van der Waals surface area (Å²) in [6.45, 7) is 5.54. The van der Waals surface area contributed by atoms with Crippen LogP contribution < -0.4 is 15.5 Å². The standard InChI is InChI=1S/C30H36N6O4/c1-20(37)35-12-14-36(15-13-35)28-11-10-23(19-31-28)27-16-25(24-4-2-3-5-26(24)34-27)29(38)32-17-21-6-8-22(9-7-21)18-33-30(39)40/h2-5,10-11,16,19,21-22,33H,6-9,12-15,17-18H2,1H3,(H,32,38)(H,39,40). The Morgan fingerprint density at radius 1 is 0.925 bits per heavy atom. The third kappa shape index (κ3) is 6.50. The average Bonchev–Trinajstić information content (AvgIpc) is 2.99. The number of anilines is 1. The van der Waals surface area contributed by atoms with E-state index in [9.17, 15) is 14.4 Å². The van der Waals surface area contributed by atoms with Crippen LogP contribution in [0.4, 0.5) is 10.6 Å². The van der Waals surface area contributed by atoms with Crippen molar-refractivity contribution in [1.82, 2.24) is 25.5 Å². The number of carbonyl (C=O) groups is 3. The number of nitrogens with one attached hydrogen (secondary N) is 2. The molecule has 0 bridgehead atoms. The first-order valence-corrected chi connectivity index (χ1v) is 14.0. The number of fused-ring (bicyclic) bond motifs is 1. The molecule has 10 nitrogen and oxygen atoms in total. The van der Waals surface area contributed by atoms with Gasteiger partial charge >= 0.3 is 6.09 Å². The van der Waals surface area contributed by atoms with E-state index in [1.54, 1.807) is 13.1 Å². The maximum Gasteiger partial charge on any atom is 0.404 e. The third-order valence-electron chi connectivity index (χ3n) is 8.11. The largest absolute Gasteiger partial charge is 0.465 e. The van der Waals surface area contributed by atoms with Gasteiger partial charge in [0, 0.05) is 63.3 Å². The fourth-order valence-corrected chi connectivity index (χ4v) is 5.69. The molecule has 10 heteroatoms. The van der Waals surface area contributed by atoms with E-state index in [4.69, 9.17) is 10.1 Å². The molecule has 0 radical (unpaired) electrons. The number of hydrogen-bond donors (Lipinski definition) is 3. The molecule has 3 aromatic rings. The second-order valence-electron chi connectivity index (χ2n) is 10.8. The van der Waals surface area contributed by atoms with Crippen LogP contribution in [-0.4, -0.2) is 77.2 Å². The number of nitrogens with zero attached hydrogens (tertiary/aromatic N) is 4.